The van der Waals surface area contributed by atoms with Crippen LogP contribution in [0.2, 0.25) is 0 Å². The number of nitrogens with one attached hydrogen (secondary N) is 3. The zero-order valence-corrected chi connectivity index (χ0v) is 20.3. The molecule has 1 saturated heterocycles. The summed E-state index contributed by atoms with van der Waals surface area (Å²) in [4.78, 5) is 27.2. The first-order valence-corrected chi connectivity index (χ1v) is 12.2. The average molecular weight is 496 g/mol. The number of piperidine rings is 1. The number of aromatic nitrogens is 4. The number of carbonyl (C=O) groups is 1. The summed E-state index contributed by atoms with van der Waals surface area (Å²) in [5, 5.41) is 10.3. The molecule has 1 fully saturated rings. The van der Waals surface area contributed by atoms with Crippen LogP contribution in [0.5, 0.6) is 5.75 Å². The predicted molar refractivity (Wildman–Crippen MR) is 133 cm³/mol. The SMILES string of the molecule is Cc1c(C(=O)NCc2nccn2C)sc2ncnc(Nc3ccc(F)cc3OC3CCCNC3)c12. The van der Waals surface area contributed by atoms with Crippen LogP contribution < -0.4 is 20.7 Å². The van der Waals surface area contributed by atoms with Gasteiger partial charge in [0.05, 0.1) is 22.5 Å². The summed E-state index contributed by atoms with van der Waals surface area (Å²) in [6.45, 7) is 3.87. The molecular weight excluding hydrogens is 469 g/mol. The third kappa shape index (κ3) is 4.96. The number of anilines is 2. The van der Waals surface area contributed by atoms with E-state index >= 15 is 0 Å². The molecule has 4 aromatic rings. The molecule has 4 heterocycles. The molecule has 9 nitrogen and oxygen atoms in total. The van der Waals surface area contributed by atoms with Crippen molar-refractivity contribution in [2.45, 2.75) is 32.4 Å². The van der Waals surface area contributed by atoms with E-state index in [1.807, 2.05) is 24.7 Å². The number of carbonyl (C=O) groups excluding carboxylic acids is 1. The van der Waals surface area contributed by atoms with Crippen molar-refractivity contribution in [1.82, 2.24) is 30.2 Å². The molecule has 3 N–H and O–H groups in total. The van der Waals surface area contributed by atoms with Gasteiger partial charge in [-0.2, -0.15) is 0 Å². The Balaban J connectivity index is 1.41. The van der Waals surface area contributed by atoms with Crippen LogP contribution >= 0.6 is 11.3 Å². The van der Waals surface area contributed by atoms with Crippen molar-refractivity contribution in [1.29, 1.82) is 0 Å². The summed E-state index contributed by atoms with van der Waals surface area (Å²) in [7, 11) is 1.88. The highest BCUT2D eigenvalue weighted by Crippen LogP contribution is 2.37. The van der Waals surface area contributed by atoms with Crippen LogP contribution in [0.15, 0.2) is 36.9 Å². The minimum absolute atomic E-state index is 0.0339. The van der Waals surface area contributed by atoms with E-state index in [9.17, 15) is 9.18 Å². The van der Waals surface area contributed by atoms with Crippen molar-refractivity contribution in [3.63, 3.8) is 0 Å². The van der Waals surface area contributed by atoms with E-state index in [0.29, 0.717) is 40.1 Å². The van der Waals surface area contributed by atoms with Gasteiger partial charge in [-0.15, -0.1) is 11.3 Å². The van der Waals surface area contributed by atoms with Gasteiger partial charge in [0.25, 0.3) is 5.91 Å². The second-order valence-corrected chi connectivity index (χ2v) is 9.45. The van der Waals surface area contributed by atoms with Crippen molar-refractivity contribution in [3.05, 3.63) is 59.0 Å². The number of thiophene rings is 1. The van der Waals surface area contributed by atoms with Crippen molar-refractivity contribution >= 4 is 39.0 Å². The molecule has 0 spiro atoms. The van der Waals surface area contributed by atoms with Crippen LogP contribution in [-0.4, -0.2) is 44.6 Å². The third-order valence-corrected chi connectivity index (χ3v) is 7.20. The minimum Gasteiger partial charge on any atom is -0.487 e. The minimum atomic E-state index is -0.375. The third-order valence-electron chi connectivity index (χ3n) is 6.00. The summed E-state index contributed by atoms with van der Waals surface area (Å²) in [5.41, 5.74) is 1.37. The standard InChI is InChI=1S/C24H26FN7O2S/c1-14-20-22(31-17-6-5-15(25)10-18(17)34-16-4-3-7-26-11-16)29-13-30-24(20)35-21(14)23(33)28-12-19-27-8-9-32(19)2/h5-6,8-10,13,16,26H,3-4,7,11-12H2,1-2H3,(H,28,33)(H,29,30,31). The van der Waals surface area contributed by atoms with Gasteiger partial charge in [0.15, 0.2) is 0 Å². The zero-order chi connectivity index (χ0) is 24.4. The lowest BCUT2D eigenvalue weighted by Crippen LogP contribution is -2.37. The highest BCUT2D eigenvalue weighted by Gasteiger charge is 2.21. The Hall–Kier alpha value is -3.57. The lowest BCUT2D eigenvalue weighted by molar-refractivity contribution is 0.0953. The second kappa shape index (κ2) is 9.96. The smallest absolute Gasteiger partial charge is 0.262 e. The van der Waals surface area contributed by atoms with Gasteiger partial charge < -0.3 is 25.3 Å². The van der Waals surface area contributed by atoms with Gasteiger partial charge in [-0.05, 0) is 44.0 Å². The summed E-state index contributed by atoms with van der Waals surface area (Å²) >= 11 is 1.30. The van der Waals surface area contributed by atoms with Crippen LogP contribution in [0.4, 0.5) is 15.9 Å². The summed E-state index contributed by atoms with van der Waals surface area (Å²) in [6.07, 6.45) is 6.85. The number of nitrogens with zero attached hydrogens (tertiary/aromatic N) is 4. The normalized spacial score (nSPS) is 15.8. The molecule has 1 unspecified atom stereocenters. The Kier molecular flexibility index (Phi) is 6.60. The van der Waals surface area contributed by atoms with E-state index < -0.39 is 0 Å². The molecule has 11 heteroatoms. The number of fused-ring (bicyclic) bond motifs is 1. The maximum Gasteiger partial charge on any atom is 0.262 e. The predicted octanol–water partition coefficient (Wildman–Crippen LogP) is 3.68. The number of halogens is 1. The monoisotopic (exact) mass is 495 g/mol. The Morgan fingerprint density at radius 3 is 3.00 bits per heavy atom. The van der Waals surface area contributed by atoms with E-state index in [0.717, 1.165) is 36.2 Å². The number of hydrogen-bond acceptors (Lipinski definition) is 8. The largest absolute Gasteiger partial charge is 0.487 e. The molecule has 1 aromatic carbocycles. The summed E-state index contributed by atoms with van der Waals surface area (Å²) in [5.74, 6) is 1.14. The Bertz CT molecular complexity index is 1360. The van der Waals surface area contributed by atoms with Gasteiger partial charge >= 0.3 is 0 Å². The lowest BCUT2D eigenvalue weighted by Gasteiger charge is -2.25. The van der Waals surface area contributed by atoms with Gasteiger partial charge in [0.2, 0.25) is 0 Å². The van der Waals surface area contributed by atoms with Crippen molar-refractivity contribution in [3.8, 4) is 5.75 Å². The fourth-order valence-corrected chi connectivity index (χ4v) is 5.18. The number of hydrogen-bond donors (Lipinski definition) is 3. The molecule has 0 saturated carbocycles. The van der Waals surface area contributed by atoms with Crippen LogP contribution in [0.25, 0.3) is 10.2 Å². The molecule has 1 amide bonds. The highest BCUT2D eigenvalue weighted by molar-refractivity contribution is 7.20. The first kappa shape index (κ1) is 23.2. The van der Waals surface area contributed by atoms with Crippen molar-refractivity contribution < 1.29 is 13.9 Å². The van der Waals surface area contributed by atoms with Crippen LogP contribution in [-0.2, 0) is 13.6 Å². The van der Waals surface area contributed by atoms with Crippen molar-refractivity contribution in [2.24, 2.45) is 7.05 Å². The molecule has 0 bridgehead atoms. The maximum absolute atomic E-state index is 14.1. The Labute approximate surface area is 205 Å². The van der Waals surface area contributed by atoms with E-state index in [4.69, 9.17) is 4.74 Å². The zero-order valence-electron chi connectivity index (χ0n) is 19.5. The van der Waals surface area contributed by atoms with Gasteiger partial charge in [-0.25, -0.2) is 19.3 Å². The highest BCUT2D eigenvalue weighted by atomic mass is 32.1. The quantitative estimate of drug-likeness (QED) is 0.359. The van der Waals surface area contributed by atoms with Crippen LogP contribution in [0.1, 0.15) is 33.9 Å². The molecule has 5 rings (SSSR count). The topological polar surface area (TPSA) is 106 Å². The van der Waals surface area contributed by atoms with Crippen molar-refractivity contribution in [2.75, 3.05) is 18.4 Å². The molecular formula is C24H26FN7O2S. The average Bonchev–Trinajstić information content (AvgIpc) is 3.43. The fraction of sp³-hybridized carbons (Fsp3) is 0.333. The Morgan fingerprint density at radius 1 is 1.34 bits per heavy atom. The van der Waals surface area contributed by atoms with Gasteiger partial charge in [-0.1, -0.05) is 0 Å². The van der Waals surface area contributed by atoms with Gasteiger partial charge in [0, 0.05) is 32.1 Å². The maximum atomic E-state index is 14.1. The Morgan fingerprint density at radius 2 is 2.23 bits per heavy atom. The van der Waals surface area contributed by atoms with Gasteiger partial charge in [-0.3, -0.25) is 4.79 Å². The van der Waals surface area contributed by atoms with E-state index in [-0.39, 0.29) is 17.8 Å². The van der Waals surface area contributed by atoms with E-state index in [2.05, 4.69) is 30.9 Å². The molecule has 0 aliphatic carbocycles. The summed E-state index contributed by atoms with van der Waals surface area (Å²) < 4.78 is 22.0. The molecule has 1 aliphatic heterocycles. The molecule has 182 valence electrons. The van der Waals surface area contributed by atoms with E-state index in [1.165, 1.54) is 29.8 Å². The molecule has 1 atom stereocenters. The number of benzene rings is 1. The molecule has 35 heavy (non-hydrogen) atoms. The number of amides is 1. The molecule has 3 aromatic heterocycles. The lowest BCUT2D eigenvalue weighted by atomic mass is 10.1. The fourth-order valence-electron chi connectivity index (χ4n) is 4.11. The number of imidazole rings is 1. The van der Waals surface area contributed by atoms with Gasteiger partial charge in [0.1, 0.15) is 40.5 Å². The molecule has 0 radical (unpaired) electrons. The second-order valence-electron chi connectivity index (χ2n) is 8.45. The van der Waals surface area contributed by atoms with E-state index in [1.54, 1.807) is 12.3 Å². The summed E-state index contributed by atoms with van der Waals surface area (Å²) in [6, 6.07) is 4.40. The number of rotatable bonds is 7. The molecule has 1 aliphatic rings. The number of ether oxygens (including phenoxy) is 1. The van der Waals surface area contributed by atoms with Crippen LogP contribution in [0, 0.1) is 12.7 Å². The van der Waals surface area contributed by atoms with Crippen LogP contribution in [0.3, 0.4) is 0 Å². The first-order chi connectivity index (χ1) is 17.0. The number of aryl methyl sites for hydroxylation is 2. The first-order valence-electron chi connectivity index (χ1n) is 11.4.